The van der Waals surface area contributed by atoms with Crippen LogP contribution < -0.4 is 4.74 Å². The zero-order valence-corrected chi connectivity index (χ0v) is 22.7. The van der Waals surface area contributed by atoms with Crippen molar-refractivity contribution in [3.05, 3.63) is 42.2 Å². The van der Waals surface area contributed by atoms with Crippen LogP contribution in [0.5, 0.6) is 5.75 Å². The molecular weight excluding hydrogens is 590 g/mol. The van der Waals surface area contributed by atoms with E-state index in [9.17, 15) is 43.9 Å². The molecule has 0 spiro atoms. The number of rotatable bonds is 19. The number of nitrogens with zero attached hydrogens (tertiary/aromatic N) is 2. The number of aryl methyl sites for hydroxylation is 1. The molecule has 1 unspecified atom stereocenters. The molecule has 0 saturated heterocycles. The summed E-state index contributed by atoms with van der Waals surface area (Å²) in [4.78, 5) is 8.58. The van der Waals surface area contributed by atoms with Crippen LogP contribution in [0.4, 0.5) is 43.9 Å². The molecule has 1 aromatic carbocycles. The summed E-state index contributed by atoms with van der Waals surface area (Å²) in [5.74, 6) is -4.39. The highest BCUT2D eigenvalue weighted by Crippen LogP contribution is 2.45. The van der Waals surface area contributed by atoms with Gasteiger partial charge in [0.05, 0.1) is 25.2 Å². The Labute approximate surface area is 236 Å². The molecule has 2 aromatic rings. The molecule has 0 fully saturated rings. The van der Waals surface area contributed by atoms with Crippen molar-refractivity contribution in [1.29, 1.82) is 0 Å². The highest BCUT2D eigenvalue weighted by Gasteiger charge is 2.70. The minimum Gasteiger partial charge on any atom is -0.490 e. The third-order valence-corrected chi connectivity index (χ3v) is 5.90. The van der Waals surface area contributed by atoms with E-state index in [-0.39, 0.29) is 6.42 Å². The lowest BCUT2D eigenvalue weighted by molar-refractivity contribution is -0.487. The number of alkyl halides is 10. The molecule has 15 heteroatoms. The topological polar surface area (TPSA) is 53.5 Å². The van der Waals surface area contributed by atoms with Gasteiger partial charge in [-0.25, -0.2) is 19.1 Å². The number of hydrogen-bond acceptors (Lipinski definition) is 5. The van der Waals surface area contributed by atoms with Gasteiger partial charge in [0.1, 0.15) is 6.61 Å². The first-order valence-electron chi connectivity index (χ1n) is 13.2. The van der Waals surface area contributed by atoms with Crippen molar-refractivity contribution in [2.75, 3.05) is 19.8 Å². The molecule has 5 nitrogen and oxygen atoms in total. The Bertz CT molecular complexity index is 1050. The summed E-state index contributed by atoms with van der Waals surface area (Å²) in [7, 11) is 0. The predicted molar refractivity (Wildman–Crippen MR) is 132 cm³/mol. The minimum atomic E-state index is -6.59. The Morgan fingerprint density at radius 1 is 0.738 bits per heavy atom. The normalized spacial score (nSPS) is 13.8. The standard InChI is InChI=1S/C27H32F10N2O3/c1-19(28)8-5-7-15-41-22-16-38-23(39-17-22)21-12-10-20(11-13-21)9-4-2-3-6-14-40-18-24(29,30)26(34,35)42-27(36,37)25(31,32)33/h10-13,16-17,19H,2-9,14-15,18H2,1H3. The SMILES string of the molecule is CC(F)CCCCOc1cnc(-c2ccc(CCCCCCOCC(F)(F)C(F)(F)OC(F)(F)C(F)(F)F)cc2)nc1. The fourth-order valence-corrected chi connectivity index (χ4v) is 3.54. The van der Waals surface area contributed by atoms with Crippen molar-refractivity contribution in [2.24, 2.45) is 0 Å². The maximum Gasteiger partial charge on any atom is 0.483 e. The molecule has 42 heavy (non-hydrogen) atoms. The maximum atomic E-state index is 13.5. The Morgan fingerprint density at radius 3 is 1.93 bits per heavy atom. The first-order valence-corrected chi connectivity index (χ1v) is 13.2. The van der Waals surface area contributed by atoms with Crippen LogP contribution in [0, 0.1) is 0 Å². The molecule has 0 saturated carbocycles. The van der Waals surface area contributed by atoms with Gasteiger partial charge in [0.25, 0.3) is 0 Å². The third kappa shape index (κ3) is 11.5. The summed E-state index contributed by atoms with van der Waals surface area (Å²) in [6.07, 6.45) is -12.3. The predicted octanol–water partition coefficient (Wildman–Crippen LogP) is 8.57. The third-order valence-electron chi connectivity index (χ3n) is 5.90. The van der Waals surface area contributed by atoms with Gasteiger partial charge in [-0.3, -0.25) is 0 Å². The van der Waals surface area contributed by atoms with Crippen molar-refractivity contribution in [3.8, 4) is 17.1 Å². The molecule has 238 valence electrons. The lowest BCUT2D eigenvalue weighted by atomic mass is 10.0. The van der Waals surface area contributed by atoms with E-state index in [0.717, 1.165) is 24.0 Å². The number of hydrogen-bond donors (Lipinski definition) is 0. The van der Waals surface area contributed by atoms with Crippen molar-refractivity contribution < 1.29 is 58.1 Å². The largest absolute Gasteiger partial charge is 0.490 e. The van der Waals surface area contributed by atoms with E-state index in [1.54, 1.807) is 12.4 Å². The van der Waals surface area contributed by atoms with E-state index < -0.39 is 43.7 Å². The van der Waals surface area contributed by atoms with Crippen LogP contribution in [0.2, 0.25) is 0 Å². The van der Waals surface area contributed by atoms with Crippen molar-refractivity contribution >= 4 is 0 Å². The minimum absolute atomic E-state index is 0.175. The molecule has 1 heterocycles. The van der Waals surface area contributed by atoms with Gasteiger partial charge in [0.15, 0.2) is 11.6 Å². The van der Waals surface area contributed by atoms with Crippen LogP contribution in [-0.4, -0.2) is 60.3 Å². The van der Waals surface area contributed by atoms with Gasteiger partial charge in [-0.1, -0.05) is 37.1 Å². The van der Waals surface area contributed by atoms with E-state index in [1.807, 2.05) is 24.3 Å². The Balaban J connectivity index is 1.64. The summed E-state index contributed by atoms with van der Waals surface area (Å²) in [6.45, 7) is -0.567. The van der Waals surface area contributed by atoms with Crippen LogP contribution in [-0.2, 0) is 15.9 Å². The molecule has 1 aromatic heterocycles. The molecule has 1 atom stereocenters. The molecule has 0 amide bonds. The maximum absolute atomic E-state index is 13.5. The van der Waals surface area contributed by atoms with Gasteiger partial charge < -0.3 is 9.47 Å². The second-order valence-corrected chi connectivity index (χ2v) is 9.62. The van der Waals surface area contributed by atoms with Gasteiger partial charge in [-0.15, -0.1) is 0 Å². The Hall–Kier alpha value is -2.68. The molecule has 0 N–H and O–H groups in total. The van der Waals surface area contributed by atoms with Gasteiger partial charge in [-0.2, -0.15) is 39.5 Å². The molecule has 0 radical (unpaired) electrons. The molecule has 0 bridgehead atoms. The lowest BCUT2D eigenvalue weighted by Crippen LogP contribution is -2.53. The number of unbranched alkanes of at least 4 members (excludes halogenated alkanes) is 4. The second-order valence-electron chi connectivity index (χ2n) is 9.62. The highest BCUT2D eigenvalue weighted by molar-refractivity contribution is 5.55. The number of ether oxygens (including phenoxy) is 3. The van der Waals surface area contributed by atoms with E-state index in [2.05, 4.69) is 19.4 Å². The van der Waals surface area contributed by atoms with Crippen LogP contribution in [0.1, 0.15) is 57.4 Å². The van der Waals surface area contributed by atoms with Crippen LogP contribution in [0.25, 0.3) is 11.4 Å². The Morgan fingerprint density at radius 2 is 1.33 bits per heavy atom. The van der Waals surface area contributed by atoms with Crippen LogP contribution in [0.3, 0.4) is 0 Å². The van der Waals surface area contributed by atoms with Gasteiger partial charge in [-0.05, 0) is 51.0 Å². The van der Waals surface area contributed by atoms with Gasteiger partial charge in [0, 0.05) is 12.2 Å². The average molecular weight is 623 g/mol. The van der Waals surface area contributed by atoms with Crippen molar-refractivity contribution in [1.82, 2.24) is 9.97 Å². The summed E-state index contributed by atoms with van der Waals surface area (Å²) in [5.41, 5.74) is 1.80. The smallest absolute Gasteiger partial charge is 0.483 e. The molecule has 2 rings (SSSR count). The molecule has 0 aliphatic rings. The second kappa shape index (κ2) is 15.7. The number of benzene rings is 1. The fourth-order valence-electron chi connectivity index (χ4n) is 3.54. The highest BCUT2D eigenvalue weighted by atomic mass is 19.4. The summed E-state index contributed by atoms with van der Waals surface area (Å²) >= 11 is 0. The lowest BCUT2D eigenvalue weighted by Gasteiger charge is -2.30. The average Bonchev–Trinajstić information content (AvgIpc) is 2.89. The molecular formula is C27H32F10N2O3. The zero-order chi connectivity index (χ0) is 31.4. The van der Waals surface area contributed by atoms with Gasteiger partial charge in [0.2, 0.25) is 0 Å². The van der Waals surface area contributed by atoms with E-state index in [1.165, 1.54) is 6.92 Å². The summed E-state index contributed by atoms with van der Waals surface area (Å²) in [5, 5.41) is 0. The zero-order valence-electron chi connectivity index (χ0n) is 22.7. The van der Waals surface area contributed by atoms with E-state index in [4.69, 9.17) is 4.74 Å². The summed E-state index contributed by atoms with van der Waals surface area (Å²) < 4.78 is 139. The number of halogens is 10. The van der Waals surface area contributed by atoms with E-state index >= 15 is 0 Å². The summed E-state index contributed by atoms with van der Waals surface area (Å²) in [6, 6.07) is 7.48. The van der Waals surface area contributed by atoms with Crippen LogP contribution in [0.15, 0.2) is 36.7 Å². The first-order chi connectivity index (χ1) is 19.5. The first kappa shape index (κ1) is 35.5. The van der Waals surface area contributed by atoms with Gasteiger partial charge >= 0.3 is 24.3 Å². The number of aromatic nitrogens is 2. The van der Waals surface area contributed by atoms with E-state index in [0.29, 0.717) is 50.3 Å². The Kier molecular flexibility index (Phi) is 13.3. The van der Waals surface area contributed by atoms with Crippen LogP contribution >= 0.6 is 0 Å². The molecule has 0 aliphatic heterocycles. The van der Waals surface area contributed by atoms with Crippen molar-refractivity contribution in [2.45, 2.75) is 88.8 Å². The molecule has 0 aliphatic carbocycles. The fraction of sp³-hybridized carbons (Fsp3) is 0.630. The monoisotopic (exact) mass is 622 g/mol. The quantitative estimate of drug-likeness (QED) is 0.116. The van der Waals surface area contributed by atoms with Crippen molar-refractivity contribution in [3.63, 3.8) is 0 Å².